The first kappa shape index (κ1) is 33.3. The molecule has 0 saturated carbocycles. The third kappa shape index (κ3) is 11.8. The average molecular weight is 567 g/mol. The molecule has 0 aromatic heterocycles. The molecule has 4 atom stereocenters. The van der Waals surface area contributed by atoms with Gasteiger partial charge in [-0.3, -0.25) is 28.8 Å². The van der Waals surface area contributed by atoms with Crippen LogP contribution in [0.15, 0.2) is 24.3 Å². The summed E-state index contributed by atoms with van der Waals surface area (Å²) >= 11 is 0. The number of rotatable bonds is 16. The van der Waals surface area contributed by atoms with E-state index in [1.165, 1.54) is 24.3 Å². The molecule has 0 aliphatic carbocycles. The van der Waals surface area contributed by atoms with Gasteiger partial charge in [0.15, 0.2) is 0 Å². The van der Waals surface area contributed by atoms with Gasteiger partial charge in [0.2, 0.25) is 29.5 Å². The zero-order valence-electron chi connectivity index (χ0n) is 21.9. The molecular weight excluding hydrogens is 532 g/mol. The number of benzene rings is 1. The predicted molar refractivity (Wildman–Crippen MR) is 137 cm³/mol. The van der Waals surface area contributed by atoms with Crippen molar-refractivity contribution in [3.05, 3.63) is 29.8 Å². The van der Waals surface area contributed by atoms with E-state index in [1.54, 1.807) is 13.8 Å². The maximum atomic E-state index is 12.9. The van der Waals surface area contributed by atoms with E-state index in [4.69, 9.17) is 16.6 Å². The van der Waals surface area contributed by atoms with Gasteiger partial charge in [0.05, 0.1) is 25.4 Å². The number of phenolic OH excluding ortho intramolecular Hbond substituents is 1. The summed E-state index contributed by atoms with van der Waals surface area (Å²) in [7, 11) is 0. The fraction of sp³-hybridized carbons (Fsp3) is 0.458. The van der Waals surface area contributed by atoms with Crippen molar-refractivity contribution in [1.82, 2.24) is 21.3 Å². The topological polar surface area (TPSA) is 280 Å². The molecule has 0 unspecified atom stereocenters. The molecule has 0 aliphatic rings. The molecule has 1 rings (SSSR count). The van der Waals surface area contributed by atoms with Crippen molar-refractivity contribution in [2.45, 2.75) is 57.3 Å². The number of aliphatic carboxylic acids is 2. The molecule has 0 saturated heterocycles. The Balaban J connectivity index is 2.91. The maximum Gasteiger partial charge on any atom is 0.326 e. The van der Waals surface area contributed by atoms with E-state index >= 15 is 0 Å². The zero-order valence-corrected chi connectivity index (χ0v) is 21.9. The number of aromatic hydroxyl groups is 1. The van der Waals surface area contributed by atoms with Crippen molar-refractivity contribution in [3.8, 4) is 5.75 Å². The molecule has 0 aliphatic heterocycles. The number of amides is 5. The number of carbonyl (C=O) groups excluding carboxylic acids is 5. The fourth-order valence-electron chi connectivity index (χ4n) is 3.35. The van der Waals surface area contributed by atoms with Gasteiger partial charge in [0.25, 0.3) is 0 Å². The Hall–Kier alpha value is -4.73. The largest absolute Gasteiger partial charge is 0.508 e. The van der Waals surface area contributed by atoms with Crippen LogP contribution in [0.5, 0.6) is 5.75 Å². The first-order chi connectivity index (χ1) is 18.6. The van der Waals surface area contributed by atoms with Gasteiger partial charge in [-0.25, -0.2) is 4.79 Å². The lowest BCUT2D eigenvalue weighted by atomic mass is 10.0. The van der Waals surface area contributed by atoms with Crippen LogP contribution in [0.4, 0.5) is 0 Å². The van der Waals surface area contributed by atoms with Crippen molar-refractivity contribution in [2.75, 3.05) is 6.54 Å². The Morgan fingerprint density at radius 1 is 0.825 bits per heavy atom. The summed E-state index contributed by atoms with van der Waals surface area (Å²) in [5.74, 6) is -7.84. The lowest BCUT2D eigenvalue weighted by molar-refractivity contribution is -0.144. The van der Waals surface area contributed by atoms with Crippen molar-refractivity contribution < 1.29 is 48.9 Å². The Morgan fingerprint density at radius 2 is 1.40 bits per heavy atom. The minimum absolute atomic E-state index is 0.0398. The van der Waals surface area contributed by atoms with Crippen LogP contribution in [-0.2, 0) is 40.0 Å². The molecule has 1 aromatic carbocycles. The lowest BCUT2D eigenvalue weighted by Crippen LogP contribution is -2.57. The highest BCUT2D eigenvalue weighted by Gasteiger charge is 2.30. The van der Waals surface area contributed by atoms with Gasteiger partial charge in [-0.05, 0) is 23.6 Å². The van der Waals surface area contributed by atoms with Gasteiger partial charge in [-0.1, -0.05) is 26.0 Å². The number of carboxylic acids is 2. The summed E-state index contributed by atoms with van der Waals surface area (Å²) in [6.45, 7) is 2.48. The van der Waals surface area contributed by atoms with Gasteiger partial charge in [0, 0.05) is 6.42 Å². The SMILES string of the molecule is CC(C)[C@H](NC(=O)CNC(=O)[C@H](Cc1ccc(O)cc1)NC(=O)[C@@H](N)CC(=O)O)C(=O)N[C@@H](CC(N)=O)C(=O)O. The summed E-state index contributed by atoms with van der Waals surface area (Å²) < 4.78 is 0. The van der Waals surface area contributed by atoms with Gasteiger partial charge in [0.1, 0.15) is 23.9 Å². The quantitative estimate of drug-likeness (QED) is 0.0967. The Morgan fingerprint density at radius 3 is 1.90 bits per heavy atom. The Kier molecular flexibility index (Phi) is 13.0. The second-order valence-electron chi connectivity index (χ2n) is 9.21. The number of hydrogen-bond acceptors (Lipinski definition) is 9. The maximum absolute atomic E-state index is 12.9. The molecule has 11 N–H and O–H groups in total. The predicted octanol–water partition coefficient (Wildman–Crippen LogP) is -3.08. The molecule has 16 nitrogen and oxygen atoms in total. The van der Waals surface area contributed by atoms with Crippen LogP contribution in [-0.4, -0.2) is 87.5 Å². The van der Waals surface area contributed by atoms with E-state index in [0.29, 0.717) is 5.56 Å². The molecule has 0 spiro atoms. The van der Waals surface area contributed by atoms with Crippen molar-refractivity contribution in [2.24, 2.45) is 17.4 Å². The van der Waals surface area contributed by atoms with Crippen LogP contribution >= 0.6 is 0 Å². The highest BCUT2D eigenvalue weighted by Crippen LogP contribution is 2.12. The number of hydrogen-bond donors (Lipinski definition) is 9. The van der Waals surface area contributed by atoms with E-state index in [2.05, 4.69) is 21.3 Å². The summed E-state index contributed by atoms with van der Waals surface area (Å²) in [6.07, 6.45) is -1.46. The molecule has 16 heteroatoms. The summed E-state index contributed by atoms with van der Waals surface area (Å²) in [5, 5.41) is 36.7. The molecule has 1 aromatic rings. The molecule has 40 heavy (non-hydrogen) atoms. The third-order valence-corrected chi connectivity index (χ3v) is 5.45. The van der Waals surface area contributed by atoms with E-state index < -0.39 is 90.9 Å². The highest BCUT2D eigenvalue weighted by atomic mass is 16.4. The summed E-state index contributed by atoms with van der Waals surface area (Å²) in [5.41, 5.74) is 11.1. The lowest BCUT2D eigenvalue weighted by Gasteiger charge is -2.24. The normalized spacial score (nSPS) is 13.7. The minimum Gasteiger partial charge on any atom is -0.508 e. The molecule has 220 valence electrons. The number of nitrogens with two attached hydrogens (primary N) is 2. The molecule has 0 bridgehead atoms. The van der Waals surface area contributed by atoms with Crippen LogP contribution in [0.1, 0.15) is 32.3 Å². The first-order valence-corrected chi connectivity index (χ1v) is 12.0. The second kappa shape index (κ2) is 15.6. The van der Waals surface area contributed by atoms with Crippen LogP contribution in [0.3, 0.4) is 0 Å². The molecule has 0 heterocycles. The molecule has 5 amide bonds. The average Bonchev–Trinajstić information content (AvgIpc) is 2.85. The monoisotopic (exact) mass is 566 g/mol. The van der Waals surface area contributed by atoms with Gasteiger partial charge >= 0.3 is 11.9 Å². The van der Waals surface area contributed by atoms with Gasteiger partial charge in [-0.15, -0.1) is 0 Å². The van der Waals surface area contributed by atoms with Crippen LogP contribution in [0, 0.1) is 5.92 Å². The van der Waals surface area contributed by atoms with Crippen LogP contribution < -0.4 is 32.7 Å². The first-order valence-electron chi connectivity index (χ1n) is 12.0. The zero-order chi connectivity index (χ0) is 30.6. The Bertz CT molecular complexity index is 1110. The van der Waals surface area contributed by atoms with E-state index in [0.717, 1.165) is 0 Å². The fourth-order valence-corrected chi connectivity index (χ4v) is 3.35. The second-order valence-corrected chi connectivity index (χ2v) is 9.21. The van der Waals surface area contributed by atoms with Gasteiger partial charge in [-0.2, -0.15) is 0 Å². The van der Waals surface area contributed by atoms with E-state index in [1.807, 2.05) is 0 Å². The molecular formula is C24H34N6O10. The van der Waals surface area contributed by atoms with Crippen molar-refractivity contribution >= 4 is 41.5 Å². The van der Waals surface area contributed by atoms with E-state index in [-0.39, 0.29) is 12.2 Å². The van der Waals surface area contributed by atoms with Crippen LogP contribution in [0.2, 0.25) is 0 Å². The van der Waals surface area contributed by atoms with Crippen molar-refractivity contribution in [3.63, 3.8) is 0 Å². The number of nitrogens with one attached hydrogen (secondary N) is 4. The highest BCUT2D eigenvalue weighted by molar-refractivity contribution is 5.95. The third-order valence-electron chi connectivity index (χ3n) is 5.45. The molecule has 0 radical (unpaired) electrons. The number of phenols is 1. The van der Waals surface area contributed by atoms with E-state index in [9.17, 15) is 43.8 Å². The summed E-state index contributed by atoms with van der Waals surface area (Å²) in [6, 6.07) is 0.0843. The summed E-state index contributed by atoms with van der Waals surface area (Å²) in [4.78, 5) is 83.6. The van der Waals surface area contributed by atoms with Crippen molar-refractivity contribution in [1.29, 1.82) is 0 Å². The van der Waals surface area contributed by atoms with Crippen LogP contribution in [0.25, 0.3) is 0 Å². The smallest absolute Gasteiger partial charge is 0.326 e. The standard InChI is InChI=1S/C24H34N6O10/c1-11(2)20(23(38)29-16(24(39)40)9-17(26)32)30-18(33)10-27-22(37)15(7-12-3-5-13(31)6-4-12)28-21(36)14(25)8-19(34)35/h3-6,11,14-16,20,31H,7-10,25H2,1-2H3,(H2,26,32)(H,27,37)(H,28,36)(H,29,38)(H,30,33)(H,34,35)(H,39,40)/t14-,15-,16-,20-/m0/s1. The minimum atomic E-state index is -1.61. The number of primary amides is 1. The number of carbonyl (C=O) groups is 7. The molecule has 0 fully saturated rings. The Labute approximate surface area is 228 Å². The van der Waals surface area contributed by atoms with Gasteiger partial charge < -0.3 is 48.1 Å². The number of carboxylic acid groups (broad SMARTS) is 2.